The summed E-state index contributed by atoms with van der Waals surface area (Å²) in [5.74, 6) is -0.680. The van der Waals surface area contributed by atoms with Gasteiger partial charge in [0.1, 0.15) is 5.00 Å². The lowest BCUT2D eigenvalue weighted by molar-refractivity contribution is -0.113. The van der Waals surface area contributed by atoms with Gasteiger partial charge in [0.05, 0.1) is 29.8 Å². The monoisotopic (exact) mass is 326 g/mol. The van der Waals surface area contributed by atoms with E-state index in [0.717, 1.165) is 0 Å². The molecular weight excluding hydrogens is 312 g/mol. The summed E-state index contributed by atoms with van der Waals surface area (Å²) >= 11 is 2.49. The first-order chi connectivity index (χ1) is 10.0. The second-order valence-electron chi connectivity index (χ2n) is 4.11. The lowest BCUT2D eigenvalue weighted by atomic mass is 10.3. The number of carbonyl (C=O) groups excluding carboxylic acids is 2. The Balaban J connectivity index is 1.94. The number of thioether (sulfide) groups is 1. The number of anilines is 1. The molecule has 2 aromatic heterocycles. The van der Waals surface area contributed by atoms with Crippen LogP contribution in [0.3, 0.4) is 0 Å². The van der Waals surface area contributed by atoms with Crippen LogP contribution < -0.4 is 11.1 Å². The molecule has 0 aliphatic heterocycles. The van der Waals surface area contributed by atoms with E-state index in [2.05, 4.69) is 10.3 Å². The van der Waals surface area contributed by atoms with Gasteiger partial charge in [0.2, 0.25) is 5.91 Å². The molecule has 0 radical (unpaired) electrons. The topological polar surface area (TPSA) is 110 Å². The van der Waals surface area contributed by atoms with Crippen LogP contribution >= 0.6 is 23.1 Å². The normalized spacial score (nSPS) is 10.6. The Morgan fingerprint density at radius 2 is 2.33 bits per heavy atom. The minimum Gasteiger partial charge on any atom is -0.390 e. The van der Waals surface area contributed by atoms with Crippen LogP contribution in [0, 0.1) is 0 Å². The number of nitrogens with two attached hydrogens (primary N) is 1. The van der Waals surface area contributed by atoms with Gasteiger partial charge in [-0.05, 0) is 11.4 Å². The highest BCUT2D eigenvalue weighted by Gasteiger charge is 2.14. The maximum atomic E-state index is 11.9. The number of rotatable bonds is 6. The van der Waals surface area contributed by atoms with Gasteiger partial charge in [-0.15, -0.1) is 11.3 Å². The van der Waals surface area contributed by atoms with Crippen molar-refractivity contribution in [2.24, 2.45) is 12.8 Å². The number of imidazole rings is 1. The summed E-state index contributed by atoms with van der Waals surface area (Å²) in [4.78, 5) is 27.2. The number of carbonyl (C=O) groups is 2. The molecule has 2 heterocycles. The molecule has 0 fully saturated rings. The van der Waals surface area contributed by atoms with Crippen molar-refractivity contribution in [2.45, 2.75) is 11.8 Å². The molecule has 0 bridgehead atoms. The third-order valence-electron chi connectivity index (χ3n) is 2.72. The molecule has 112 valence electrons. The van der Waals surface area contributed by atoms with E-state index in [1.165, 1.54) is 23.1 Å². The highest BCUT2D eigenvalue weighted by atomic mass is 32.2. The molecule has 0 aliphatic rings. The van der Waals surface area contributed by atoms with Crippen molar-refractivity contribution >= 4 is 39.9 Å². The van der Waals surface area contributed by atoms with Crippen molar-refractivity contribution in [1.82, 2.24) is 9.55 Å². The van der Waals surface area contributed by atoms with Crippen molar-refractivity contribution in [1.29, 1.82) is 0 Å². The fourth-order valence-corrected chi connectivity index (χ4v) is 3.18. The number of hydrogen-bond donors (Lipinski definition) is 3. The Morgan fingerprint density at radius 3 is 2.95 bits per heavy atom. The van der Waals surface area contributed by atoms with Gasteiger partial charge in [0.15, 0.2) is 5.16 Å². The molecule has 2 aromatic rings. The molecular formula is C12H14N4O3S2. The summed E-state index contributed by atoms with van der Waals surface area (Å²) in [5.41, 5.74) is 6.19. The number of aliphatic hydroxyl groups is 1. The second kappa shape index (κ2) is 6.74. The zero-order valence-electron chi connectivity index (χ0n) is 11.2. The van der Waals surface area contributed by atoms with E-state index in [-0.39, 0.29) is 18.3 Å². The molecule has 0 saturated heterocycles. The van der Waals surface area contributed by atoms with Crippen LogP contribution in [0.2, 0.25) is 0 Å². The van der Waals surface area contributed by atoms with Gasteiger partial charge < -0.3 is 20.7 Å². The number of nitrogens with zero attached hydrogens (tertiary/aromatic N) is 2. The molecule has 2 amide bonds. The molecule has 0 spiro atoms. The van der Waals surface area contributed by atoms with Gasteiger partial charge in [-0.3, -0.25) is 9.59 Å². The number of aliphatic hydroxyl groups excluding tert-OH is 1. The Labute approximate surface area is 129 Å². The van der Waals surface area contributed by atoms with E-state index in [1.807, 2.05) is 0 Å². The van der Waals surface area contributed by atoms with Crippen molar-refractivity contribution in [3.8, 4) is 0 Å². The van der Waals surface area contributed by atoms with Crippen LogP contribution in [0.15, 0.2) is 22.8 Å². The van der Waals surface area contributed by atoms with Crippen LogP contribution in [0.25, 0.3) is 0 Å². The smallest absolute Gasteiger partial charge is 0.251 e. The molecule has 0 aromatic carbocycles. The summed E-state index contributed by atoms with van der Waals surface area (Å²) in [6, 6.07) is 1.57. The molecule has 7 nitrogen and oxygen atoms in total. The van der Waals surface area contributed by atoms with E-state index in [1.54, 1.807) is 29.3 Å². The van der Waals surface area contributed by atoms with Crippen LogP contribution in [-0.4, -0.2) is 32.2 Å². The fraction of sp³-hybridized carbons (Fsp3) is 0.250. The molecule has 2 rings (SSSR count). The molecule has 0 aliphatic carbocycles. The van der Waals surface area contributed by atoms with Crippen LogP contribution in [0.4, 0.5) is 5.00 Å². The highest BCUT2D eigenvalue weighted by molar-refractivity contribution is 7.99. The van der Waals surface area contributed by atoms with Crippen molar-refractivity contribution < 1.29 is 14.7 Å². The van der Waals surface area contributed by atoms with E-state index in [0.29, 0.717) is 21.4 Å². The summed E-state index contributed by atoms with van der Waals surface area (Å²) in [7, 11) is 1.77. The van der Waals surface area contributed by atoms with Crippen LogP contribution in [0.5, 0.6) is 0 Å². The SMILES string of the molecule is Cn1c(CO)cnc1SCC(=O)Nc1sccc1C(N)=O. The summed E-state index contributed by atoms with van der Waals surface area (Å²) in [5, 5.41) is 14.5. The molecule has 4 N–H and O–H groups in total. The van der Waals surface area contributed by atoms with Crippen molar-refractivity contribution in [3.05, 3.63) is 28.9 Å². The molecule has 9 heteroatoms. The first-order valence-corrected chi connectivity index (χ1v) is 7.81. The summed E-state index contributed by atoms with van der Waals surface area (Å²) in [6.07, 6.45) is 1.56. The minimum absolute atomic E-state index is 0.104. The third-order valence-corrected chi connectivity index (χ3v) is 4.59. The van der Waals surface area contributed by atoms with Gasteiger partial charge in [-0.25, -0.2) is 4.98 Å². The van der Waals surface area contributed by atoms with Gasteiger partial charge >= 0.3 is 0 Å². The summed E-state index contributed by atoms with van der Waals surface area (Å²) in [6.45, 7) is -0.104. The van der Waals surface area contributed by atoms with E-state index >= 15 is 0 Å². The number of thiophene rings is 1. The lowest BCUT2D eigenvalue weighted by Gasteiger charge is -2.05. The number of aromatic nitrogens is 2. The standard InChI is InChI=1S/C12H14N4O3S2/c1-16-7(5-17)4-14-12(16)21-6-9(18)15-11-8(10(13)19)2-3-20-11/h2-4,17H,5-6H2,1H3,(H2,13,19)(H,15,18). The highest BCUT2D eigenvalue weighted by Crippen LogP contribution is 2.23. The molecule has 0 atom stereocenters. The first-order valence-electron chi connectivity index (χ1n) is 5.94. The number of amides is 2. The van der Waals surface area contributed by atoms with Gasteiger partial charge in [-0.1, -0.05) is 11.8 Å². The third kappa shape index (κ3) is 3.63. The van der Waals surface area contributed by atoms with Crippen molar-refractivity contribution in [2.75, 3.05) is 11.1 Å². The number of primary amides is 1. The van der Waals surface area contributed by atoms with Crippen LogP contribution in [0.1, 0.15) is 16.1 Å². The summed E-state index contributed by atoms with van der Waals surface area (Å²) < 4.78 is 1.72. The number of nitrogens with one attached hydrogen (secondary N) is 1. The lowest BCUT2D eigenvalue weighted by Crippen LogP contribution is -2.18. The van der Waals surface area contributed by atoms with Gasteiger partial charge in [0, 0.05) is 7.05 Å². The Bertz CT molecular complexity index is 665. The Kier molecular flexibility index (Phi) is 4.99. The Morgan fingerprint density at radius 1 is 1.57 bits per heavy atom. The van der Waals surface area contributed by atoms with Gasteiger partial charge in [-0.2, -0.15) is 0 Å². The maximum Gasteiger partial charge on any atom is 0.251 e. The van der Waals surface area contributed by atoms with E-state index in [4.69, 9.17) is 10.8 Å². The predicted octanol–water partition coefficient (Wildman–Crippen LogP) is 0.804. The largest absolute Gasteiger partial charge is 0.390 e. The first kappa shape index (κ1) is 15.5. The van der Waals surface area contributed by atoms with E-state index in [9.17, 15) is 9.59 Å². The van der Waals surface area contributed by atoms with E-state index < -0.39 is 5.91 Å². The molecule has 0 saturated carbocycles. The fourth-order valence-electron chi connectivity index (χ4n) is 1.60. The maximum absolute atomic E-state index is 11.9. The predicted molar refractivity (Wildman–Crippen MR) is 81.3 cm³/mol. The minimum atomic E-state index is -0.573. The van der Waals surface area contributed by atoms with Crippen LogP contribution in [-0.2, 0) is 18.4 Å². The van der Waals surface area contributed by atoms with Crippen molar-refractivity contribution in [3.63, 3.8) is 0 Å². The zero-order chi connectivity index (χ0) is 15.4. The number of hydrogen-bond acceptors (Lipinski definition) is 6. The quantitative estimate of drug-likeness (QED) is 0.680. The zero-order valence-corrected chi connectivity index (χ0v) is 12.8. The van der Waals surface area contributed by atoms with Gasteiger partial charge in [0.25, 0.3) is 5.91 Å². The molecule has 21 heavy (non-hydrogen) atoms. The average Bonchev–Trinajstić information content (AvgIpc) is 3.03. The second-order valence-corrected chi connectivity index (χ2v) is 5.97. The average molecular weight is 326 g/mol. The Hall–Kier alpha value is -1.84. The molecule has 0 unspecified atom stereocenters.